The van der Waals surface area contributed by atoms with Gasteiger partial charge in [0.05, 0.1) is 19.1 Å². The zero-order valence-electron chi connectivity index (χ0n) is 15.1. The molecule has 8 heteroatoms. The van der Waals surface area contributed by atoms with Crippen LogP contribution in [0.15, 0.2) is 48.5 Å². The molecule has 1 N–H and O–H groups in total. The third kappa shape index (κ3) is 5.13. The molecule has 0 unspecified atom stereocenters. The van der Waals surface area contributed by atoms with Crippen LogP contribution in [0.1, 0.15) is 6.92 Å². The molecule has 1 amide bonds. The molecule has 7 nitrogen and oxygen atoms in total. The lowest BCUT2D eigenvalue weighted by atomic mass is 10.2. The van der Waals surface area contributed by atoms with Crippen LogP contribution in [0.25, 0.3) is 0 Å². The average Bonchev–Trinajstić information content (AvgIpc) is 2.61. The summed E-state index contributed by atoms with van der Waals surface area (Å²) in [4.78, 5) is 12.3. The number of benzene rings is 2. The fourth-order valence-electron chi connectivity index (χ4n) is 2.13. The number of nitrogens with one attached hydrogen (secondary N) is 1. The molecule has 0 heterocycles. The number of ether oxygens (including phenoxy) is 2. The van der Waals surface area contributed by atoms with E-state index in [0.717, 1.165) is 10.6 Å². The first-order chi connectivity index (χ1) is 12.2. The van der Waals surface area contributed by atoms with Crippen molar-refractivity contribution in [2.45, 2.75) is 13.0 Å². The van der Waals surface area contributed by atoms with Gasteiger partial charge in [-0.25, -0.2) is 8.42 Å². The van der Waals surface area contributed by atoms with Crippen LogP contribution in [-0.2, 0) is 14.8 Å². The first-order valence-corrected chi connectivity index (χ1v) is 9.71. The Morgan fingerprint density at radius 3 is 2.35 bits per heavy atom. The standard InChI is InChI=1S/C18H22N2O5S/c1-13(18(21)19-14-6-5-7-17(12-14)24-3)25-16-10-8-15(9-11-16)20(2)26(4,22)23/h5-13H,1-4H3,(H,19,21)/t13-/m1/s1. The number of anilines is 2. The van der Waals surface area contributed by atoms with Crippen molar-refractivity contribution in [3.63, 3.8) is 0 Å². The van der Waals surface area contributed by atoms with Crippen LogP contribution < -0.4 is 19.1 Å². The molecule has 0 spiro atoms. The number of amides is 1. The van der Waals surface area contributed by atoms with Crippen molar-refractivity contribution in [1.29, 1.82) is 0 Å². The Morgan fingerprint density at radius 1 is 1.12 bits per heavy atom. The zero-order valence-corrected chi connectivity index (χ0v) is 15.9. The van der Waals surface area contributed by atoms with Crippen LogP contribution >= 0.6 is 0 Å². The summed E-state index contributed by atoms with van der Waals surface area (Å²) >= 11 is 0. The second-order valence-electron chi connectivity index (χ2n) is 5.71. The lowest BCUT2D eigenvalue weighted by molar-refractivity contribution is -0.122. The summed E-state index contributed by atoms with van der Waals surface area (Å²) in [5.74, 6) is 0.793. The van der Waals surface area contributed by atoms with Crippen LogP contribution in [0, 0.1) is 0 Å². The van der Waals surface area contributed by atoms with Gasteiger partial charge >= 0.3 is 0 Å². The molecular weight excluding hydrogens is 356 g/mol. The minimum absolute atomic E-state index is 0.310. The van der Waals surface area contributed by atoms with E-state index >= 15 is 0 Å². The maximum atomic E-state index is 12.3. The summed E-state index contributed by atoms with van der Waals surface area (Å²) < 4.78 is 35.0. The summed E-state index contributed by atoms with van der Waals surface area (Å²) in [6.07, 6.45) is 0.391. The number of sulfonamides is 1. The SMILES string of the molecule is COc1cccc(NC(=O)[C@@H](C)Oc2ccc(N(C)S(C)(=O)=O)cc2)c1. The molecule has 0 radical (unpaired) electrons. The molecule has 2 rings (SSSR count). The van der Waals surface area contributed by atoms with Crippen LogP contribution in [0.2, 0.25) is 0 Å². The van der Waals surface area contributed by atoms with E-state index in [1.165, 1.54) is 7.05 Å². The summed E-state index contributed by atoms with van der Waals surface area (Å²) in [6, 6.07) is 13.5. The van der Waals surface area contributed by atoms with E-state index in [4.69, 9.17) is 9.47 Å². The van der Waals surface area contributed by atoms with Gasteiger partial charge in [-0.2, -0.15) is 0 Å². The van der Waals surface area contributed by atoms with Crippen molar-refractivity contribution in [1.82, 2.24) is 0 Å². The largest absolute Gasteiger partial charge is 0.497 e. The lowest BCUT2D eigenvalue weighted by Gasteiger charge is -2.18. The summed E-state index contributed by atoms with van der Waals surface area (Å²) in [5.41, 5.74) is 1.11. The predicted octanol–water partition coefficient (Wildman–Crippen LogP) is 2.50. The van der Waals surface area contributed by atoms with E-state index in [0.29, 0.717) is 22.9 Å². The highest BCUT2D eigenvalue weighted by Gasteiger charge is 2.16. The van der Waals surface area contributed by atoms with Crippen molar-refractivity contribution < 1.29 is 22.7 Å². The Morgan fingerprint density at radius 2 is 1.77 bits per heavy atom. The van der Waals surface area contributed by atoms with Gasteiger partial charge in [-0.15, -0.1) is 0 Å². The molecule has 140 valence electrons. The predicted molar refractivity (Wildman–Crippen MR) is 101 cm³/mol. The Kier molecular flexibility index (Phi) is 6.10. The van der Waals surface area contributed by atoms with Gasteiger partial charge in [0, 0.05) is 18.8 Å². The third-order valence-electron chi connectivity index (χ3n) is 3.72. The van der Waals surface area contributed by atoms with Gasteiger partial charge in [-0.1, -0.05) is 6.07 Å². The van der Waals surface area contributed by atoms with Crippen molar-refractivity contribution in [3.8, 4) is 11.5 Å². The van der Waals surface area contributed by atoms with Crippen molar-refractivity contribution in [2.75, 3.05) is 30.0 Å². The van der Waals surface area contributed by atoms with E-state index in [1.807, 2.05) is 0 Å². The Labute approximate surface area is 153 Å². The molecule has 0 aromatic heterocycles. The van der Waals surface area contributed by atoms with Crippen molar-refractivity contribution in [2.24, 2.45) is 0 Å². The van der Waals surface area contributed by atoms with Crippen LogP contribution in [0.4, 0.5) is 11.4 Å². The second-order valence-corrected chi connectivity index (χ2v) is 7.72. The highest BCUT2D eigenvalue weighted by molar-refractivity contribution is 7.92. The van der Waals surface area contributed by atoms with Crippen LogP contribution in [0.3, 0.4) is 0 Å². The van der Waals surface area contributed by atoms with Crippen molar-refractivity contribution >= 4 is 27.3 Å². The zero-order chi connectivity index (χ0) is 19.3. The van der Waals surface area contributed by atoms with E-state index < -0.39 is 16.1 Å². The fraction of sp³-hybridized carbons (Fsp3) is 0.278. The molecular formula is C18H22N2O5S. The van der Waals surface area contributed by atoms with E-state index in [9.17, 15) is 13.2 Å². The van der Waals surface area contributed by atoms with E-state index in [1.54, 1.807) is 62.6 Å². The summed E-state index contributed by atoms with van der Waals surface area (Å²) in [7, 11) is -0.307. The Bertz CT molecular complexity index is 865. The molecule has 26 heavy (non-hydrogen) atoms. The summed E-state index contributed by atoms with van der Waals surface area (Å²) in [6.45, 7) is 1.63. The lowest BCUT2D eigenvalue weighted by Crippen LogP contribution is -2.30. The fourth-order valence-corrected chi connectivity index (χ4v) is 2.63. The van der Waals surface area contributed by atoms with Crippen LogP contribution in [0.5, 0.6) is 11.5 Å². The van der Waals surface area contributed by atoms with Gasteiger partial charge in [0.1, 0.15) is 11.5 Å². The smallest absolute Gasteiger partial charge is 0.265 e. The molecule has 1 atom stereocenters. The summed E-state index contributed by atoms with van der Waals surface area (Å²) in [5, 5.41) is 2.75. The van der Waals surface area contributed by atoms with E-state index in [-0.39, 0.29) is 5.91 Å². The number of hydrogen-bond donors (Lipinski definition) is 1. The number of rotatable bonds is 7. The topological polar surface area (TPSA) is 84.9 Å². The second kappa shape index (κ2) is 8.09. The average molecular weight is 378 g/mol. The highest BCUT2D eigenvalue weighted by atomic mass is 32.2. The van der Waals surface area contributed by atoms with Crippen LogP contribution in [-0.4, -0.2) is 40.8 Å². The Hall–Kier alpha value is -2.74. The molecule has 0 aliphatic carbocycles. The van der Waals surface area contributed by atoms with Gasteiger partial charge in [-0.05, 0) is 43.3 Å². The minimum Gasteiger partial charge on any atom is -0.497 e. The Balaban J connectivity index is 2.00. The van der Waals surface area contributed by atoms with Crippen molar-refractivity contribution in [3.05, 3.63) is 48.5 Å². The first kappa shape index (κ1) is 19.6. The third-order valence-corrected chi connectivity index (χ3v) is 4.92. The van der Waals surface area contributed by atoms with Gasteiger partial charge in [-0.3, -0.25) is 9.10 Å². The molecule has 0 saturated carbocycles. The normalized spacial score (nSPS) is 12.2. The number of nitrogens with zero attached hydrogens (tertiary/aromatic N) is 1. The molecule has 0 aliphatic heterocycles. The first-order valence-electron chi connectivity index (χ1n) is 7.86. The monoisotopic (exact) mass is 378 g/mol. The molecule has 0 bridgehead atoms. The highest BCUT2D eigenvalue weighted by Crippen LogP contribution is 2.22. The minimum atomic E-state index is -3.33. The molecule has 0 saturated heterocycles. The van der Waals surface area contributed by atoms with E-state index in [2.05, 4.69) is 5.32 Å². The molecule has 2 aromatic rings. The maximum Gasteiger partial charge on any atom is 0.265 e. The quantitative estimate of drug-likeness (QED) is 0.800. The van der Waals surface area contributed by atoms with Gasteiger partial charge in [0.2, 0.25) is 10.0 Å². The number of carbonyl (C=O) groups excluding carboxylic acids is 1. The molecule has 0 fully saturated rings. The number of carbonyl (C=O) groups is 1. The van der Waals surface area contributed by atoms with Gasteiger partial charge in [0.25, 0.3) is 5.91 Å². The van der Waals surface area contributed by atoms with Gasteiger partial charge < -0.3 is 14.8 Å². The molecule has 2 aromatic carbocycles. The number of methoxy groups -OCH3 is 1. The van der Waals surface area contributed by atoms with Gasteiger partial charge in [0.15, 0.2) is 6.10 Å². The maximum absolute atomic E-state index is 12.3. The molecule has 0 aliphatic rings. The number of hydrogen-bond acceptors (Lipinski definition) is 5.